The topological polar surface area (TPSA) is 143 Å². The molecule has 0 aliphatic rings. The summed E-state index contributed by atoms with van der Waals surface area (Å²) in [5.74, 6) is -1.47. The molecule has 0 unspecified atom stereocenters. The van der Waals surface area contributed by atoms with Gasteiger partial charge in [0.05, 0.1) is 12.0 Å². The Labute approximate surface area is 163 Å². The van der Waals surface area contributed by atoms with E-state index < -0.39 is 23.5 Å². The van der Waals surface area contributed by atoms with Gasteiger partial charge in [-0.15, -0.1) is 0 Å². The summed E-state index contributed by atoms with van der Waals surface area (Å²) in [4.78, 5) is 36.8. The van der Waals surface area contributed by atoms with E-state index in [1.54, 1.807) is 6.07 Å². The number of carboxylic acids is 1. The molecule has 10 nitrogen and oxygen atoms in total. The molecule has 127 valence electrons. The number of aliphatic carboxylic acids is 1. The van der Waals surface area contributed by atoms with Crippen molar-refractivity contribution in [3.8, 4) is 0 Å². The van der Waals surface area contributed by atoms with Crippen LogP contribution in [0.2, 0.25) is 0 Å². The molecule has 0 saturated carbocycles. The van der Waals surface area contributed by atoms with Gasteiger partial charge in [0, 0.05) is 34.4 Å². The molecule has 1 rings (SSSR count). The Morgan fingerprint density at radius 2 is 2.17 bits per heavy atom. The van der Waals surface area contributed by atoms with Crippen LogP contribution < -0.4 is 10.6 Å². The molecule has 0 fully saturated rings. The van der Waals surface area contributed by atoms with Crippen molar-refractivity contribution in [2.45, 2.75) is 19.8 Å². The van der Waals surface area contributed by atoms with Crippen LogP contribution in [0.3, 0.4) is 0 Å². The Balaban J connectivity index is 0.00000529. The van der Waals surface area contributed by atoms with Gasteiger partial charge in [-0.25, -0.2) is 9.79 Å². The molecule has 24 heavy (non-hydrogen) atoms. The molecule has 0 bridgehead atoms. The average molecular weight is 367 g/mol. The summed E-state index contributed by atoms with van der Waals surface area (Å²) in [6, 6.07) is 1.57. The number of carbonyl (C=O) groups excluding carboxylic acids is 1. The predicted molar refractivity (Wildman–Crippen MR) is 89.8 cm³/mol. The number of carboxylic acid groups (broad SMARTS) is 1. The van der Waals surface area contributed by atoms with Gasteiger partial charge in [0.15, 0.2) is 0 Å². The van der Waals surface area contributed by atoms with Crippen LogP contribution in [0.4, 0.5) is 15.5 Å². The largest absolute Gasteiger partial charge is 0.480 e. The number of thiophene rings is 1. The van der Waals surface area contributed by atoms with Crippen LogP contribution >= 0.6 is 11.3 Å². The Morgan fingerprint density at radius 3 is 2.67 bits per heavy atom. The zero-order valence-corrected chi connectivity index (χ0v) is 16.3. The summed E-state index contributed by atoms with van der Waals surface area (Å²) in [6.07, 6.45) is 0.602. The Bertz CT molecular complexity index is 633. The number of aliphatic imine (C=N–C) groups is 1. The van der Waals surface area contributed by atoms with E-state index in [1.165, 1.54) is 0 Å². The molecular formula is C12H16N4NaO6S. The van der Waals surface area contributed by atoms with Crippen molar-refractivity contribution < 1.29 is 24.4 Å². The van der Waals surface area contributed by atoms with Crippen LogP contribution in [0.1, 0.15) is 18.2 Å². The van der Waals surface area contributed by atoms with E-state index in [1.807, 2.05) is 6.92 Å². The molecule has 0 aliphatic heterocycles. The van der Waals surface area contributed by atoms with E-state index in [4.69, 9.17) is 5.11 Å². The Hall–Kier alpha value is -1.69. The number of rotatable bonds is 6. The standard InChI is InChI=1S/C12H16N4O6S.Na/c1-3-4-7-5-8(10(23-7)16(20)21)14-11(13-6-9(17)18)15-12(19)22-2;/h5H,3-4,6H2,1-2H3,(H,17,18)(H2,13,14,15,19);. The monoisotopic (exact) mass is 367 g/mol. The minimum atomic E-state index is -1.22. The normalized spacial score (nSPS) is 10.5. The maximum absolute atomic E-state index is 11.3. The number of methoxy groups -OCH3 is 1. The number of hydrogen-bond acceptors (Lipinski definition) is 7. The summed E-state index contributed by atoms with van der Waals surface area (Å²) in [5.41, 5.74) is 0.129. The van der Waals surface area contributed by atoms with Crippen molar-refractivity contribution in [1.82, 2.24) is 5.32 Å². The minimum absolute atomic E-state index is 0. The van der Waals surface area contributed by atoms with Crippen molar-refractivity contribution >= 4 is 69.6 Å². The number of nitrogens with one attached hydrogen (secondary N) is 2. The van der Waals surface area contributed by atoms with Gasteiger partial charge >= 0.3 is 17.1 Å². The first-order valence-electron chi connectivity index (χ1n) is 6.52. The number of anilines is 1. The number of guanidine groups is 1. The summed E-state index contributed by atoms with van der Waals surface area (Å²) in [5, 5.41) is 24.3. The minimum Gasteiger partial charge on any atom is -0.480 e. The fraction of sp³-hybridized carbons (Fsp3) is 0.417. The zero-order valence-electron chi connectivity index (χ0n) is 13.5. The Kier molecular flexibility index (Phi) is 10.2. The van der Waals surface area contributed by atoms with Crippen molar-refractivity contribution in [3.63, 3.8) is 0 Å². The first-order valence-corrected chi connectivity index (χ1v) is 7.34. The van der Waals surface area contributed by atoms with Gasteiger partial charge in [-0.1, -0.05) is 24.7 Å². The van der Waals surface area contributed by atoms with Gasteiger partial charge in [0.1, 0.15) is 12.2 Å². The van der Waals surface area contributed by atoms with Crippen molar-refractivity contribution in [3.05, 3.63) is 21.1 Å². The van der Waals surface area contributed by atoms with Crippen molar-refractivity contribution in [2.24, 2.45) is 4.99 Å². The van der Waals surface area contributed by atoms with Gasteiger partial charge in [0.2, 0.25) is 5.96 Å². The summed E-state index contributed by atoms with van der Waals surface area (Å²) < 4.78 is 4.40. The first-order chi connectivity index (χ1) is 10.9. The van der Waals surface area contributed by atoms with E-state index in [-0.39, 0.29) is 46.2 Å². The molecule has 0 aromatic carbocycles. The third-order valence-corrected chi connectivity index (χ3v) is 3.60. The number of ether oxygens (including phenoxy) is 1. The molecule has 3 N–H and O–H groups in total. The molecular weight excluding hydrogens is 351 g/mol. The summed E-state index contributed by atoms with van der Waals surface area (Å²) in [7, 11) is 1.12. The number of amides is 1. The van der Waals surface area contributed by atoms with Crippen LogP contribution in [0.15, 0.2) is 11.1 Å². The maximum atomic E-state index is 11.3. The predicted octanol–water partition coefficient (Wildman–Crippen LogP) is 1.44. The van der Waals surface area contributed by atoms with Crippen molar-refractivity contribution in [2.75, 3.05) is 19.0 Å². The van der Waals surface area contributed by atoms with Gasteiger partial charge < -0.3 is 15.2 Å². The maximum Gasteiger partial charge on any atom is 0.413 e. The quantitative estimate of drug-likeness (QED) is 0.227. The molecule has 1 heterocycles. The van der Waals surface area contributed by atoms with Crippen LogP contribution in [0.5, 0.6) is 0 Å². The number of alkyl carbamates (subject to hydrolysis) is 1. The first kappa shape index (κ1) is 22.3. The number of carbonyl (C=O) groups is 2. The molecule has 0 saturated heterocycles. The van der Waals surface area contributed by atoms with Gasteiger partial charge in [-0.05, 0) is 12.5 Å². The second-order valence-electron chi connectivity index (χ2n) is 4.24. The average Bonchev–Trinajstić information content (AvgIpc) is 2.87. The smallest absolute Gasteiger partial charge is 0.413 e. The van der Waals surface area contributed by atoms with Crippen LogP contribution in [-0.2, 0) is 16.0 Å². The molecule has 0 aliphatic carbocycles. The van der Waals surface area contributed by atoms with E-state index in [9.17, 15) is 19.7 Å². The Morgan fingerprint density at radius 1 is 1.50 bits per heavy atom. The van der Waals surface area contributed by atoms with E-state index >= 15 is 0 Å². The van der Waals surface area contributed by atoms with Crippen LogP contribution in [0, 0.1) is 10.1 Å². The van der Waals surface area contributed by atoms with Crippen LogP contribution in [0.25, 0.3) is 0 Å². The SMILES string of the molecule is CCCc1cc(NC(=NCC(=O)O)NC(=O)OC)c([N+](=O)[O-])s1.[Na]. The van der Waals surface area contributed by atoms with Crippen molar-refractivity contribution in [1.29, 1.82) is 0 Å². The summed E-state index contributed by atoms with van der Waals surface area (Å²) in [6.45, 7) is 1.32. The van der Waals surface area contributed by atoms with E-state index in [2.05, 4.69) is 20.4 Å². The third kappa shape index (κ3) is 7.25. The van der Waals surface area contributed by atoms with Crippen LogP contribution in [-0.4, -0.2) is 71.3 Å². The second-order valence-corrected chi connectivity index (χ2v) is 5.35. The molecule has 1 aromatic heterocycles. The van der Waals surface area contributed by atoms with Gasteiger partial charge in [-0.2, -0.15) is 0 Å². The van der Waals surface area contributed by atoms with Gasteiger partial charge in [0.25, 0.3) is 0 Å². The molecule has 1 aromatic rings. The fourth-order valence-corrected chi connectivity index (χ4v) is 2.58. The molecule has 12 heteroatoms. The number of nitro groups is 1. The van der Waals surface area contributed by atoms with E-state index in [0.29, 0.717) is 6.42 Å². The number of hydrogen-bond donors (Lipinski definition) is 3. The second kappa shape index (κ2) is 11.0. The zero-order chi connectivity index (χ0) is 17.4. The number of nitrogens with zero attached hydrogens (tertiary/aromatic N) is 2. The molecule has 1 amide bonds. The summed E-state index contributed by atoms with van der Waals surface area (Å²) >= 11 is 1.01. The molecule has 0 spiro atoms. The third-order valence-electron chi connectivity index (χ3n) is 2.46. The van der Waals surface area contributed by atoms with Gasteiger partial charge in [-0.3, -0.25) is 20.2 Å². The molecule has 0 atom stereocenters. The fourth-order valence-electron chi connectivity index (χ4n) is 1.56. The molecule has 1 radical (unpaired) electrons. The van der Waals surface area contributed by atoms with E-state index in [0.717, 1.165) is 29.7 Å². The number of aryl methyl sites for hydroxylation is 1.